The summed E-state index contributed by atoms with van der Waals surface area (Å²) < 4.78 is 4.51. The van der Waals surface area contributed by atoms with Crippen molar-refractivity contribution in [2.45, 2.75) is 13.8 Å². The number of rotatable bonds is 4. The molecule has 1 aromatic rings. The number of nitro benzene ring substituents is 1. The second-order valence-corrected chi connectivity index (χ2v) is 3.55. The fourth-order valence-electron chi connectivity index (χ4n) is 1.34. The van der Waals surface area contributed by atoms with Crippen LogP contribution in [0.4, 0.5) is 5.69 Å². The van der Waals surface area contributed by atoms with Crippen LogP contribution in [0.3, 0.4) is 0 Å². The van der Waals surface area contributed by atoms with Gasteiger partial charge in [-0.2, -0.15) is 0 Å². The number of carbonyl (C=O) groups excluding carboxylic acids is 1. The first kappa shape index (κ1) is 18.3. The van der Waals surface area contributed by atoms with Gasteiger partial charge in [0.25, 0.3) is 5.69 Å². The van der Waals surface area contributed by atoms with E-state index >= 15 is 0 Å². The van der Waals surface area contributed by atoms with Gasteiger partial charge in [-0.1, -0.05) is 6.07 Å². The van der Waals surface area contributed by atoms with Crippen molar-refractivity contribution >= 4 is 17.7 Å². The summed E-state index contributed by atoms with van der Waals surface area (Å²) >= 11 is 0. The van der Waals surface area contributed by atoms with Crippen molar-refractivity contribution in [1.29, 1.82) is 0 Å². The largest absolute Gasteiger partial charge is 1.00 e. The zero-order chi connectivity index (χ0) is 13.7. The number of nitro groups is 1. The van der Waals surface area contributed by atoms with E-state index in [2.05, 4.69) is 4.74 Å². The molecule has 6 nitrogen and oxygen atoms in total. The Morgan fingerprint density at radius 1 is 1.47 bits per heavy atom. The maximum Gasteiger partial charge on any atom is 1.00 e. The summed E-state index contributed by atoms with van der Waals surface area (Å²) in [5, 5.41) is 22.2. The molecule has 0 saturated carbocycles. The van der Waals surface area contributed by atoms with Crippen LogP contribution in [-0.4, -0.2) is 17.5 Å². The van der Waals surface area contributed by atoms with Crippen LogP contribution < -0.4 is 56.5 Å². The van der Waals surface area contributed by atoms with Crippen LogP contribution in [0, 0.1) is 17.0 Å². The minimum absolute atomic E-state index is 0. The zero-order valence-electron chi connectivity index (χ0n) is 11.0. The number of benzene rings is 1. The topological polar surface area (TPSA) is 92.5 Å². The Hall–Kier alpha value is -0.734. The zero-order valence-corrected chi connectivity index (χ0v) is 14.1. The molecule has 0 fully saturated rings. The Balaban J connectivity index is 0.00000324. The van der Waals surface area contributed by atoms with Crippen molar-refractivity contribution in [2.24, 2.45) is 0 Å². The maximum absolute atomic E-state index is 11.4. The molecule has 0 radical (unpaired) electrons. The van der Waals surface area contributed by atoms with Gasteiger partial charge in [0.05, 0.1) is 17.1 Å². The molecule has 0 amide bonds. The summed E-state index contributed by atoms with van der Waals surface area (Å²) in [6, 6.07) is 4.38. The van der Waals surface area contributed by atoms with E-state index in [4.69, 9.17) is 0 Å². The van der Waals surface area contributed by atoms with E-state index < -0.39 is 16.7 Å². The number of carbonyl (C=O) groups is 1. The van der Waals surface area contributed by atoms with Crippen LogP contribution in [0.25, 0.3) is 6.08 Å². The molecular weight excluding hydrogens is 277 g/mol. The number of aryl methyl sites for hydroxylation is 1. The standard InChI is InChI=1S/C12H13NO5.K/c1-3-18-12(15)11(14)7-9-5-4-8(2)6-10(9)13(16)17;/h4-7,14H,3H2,1-2H3;/q;+1/p-1. The van der Waals surface area contributed by atoms with Gasteiger partial charge in [0.2, 0.25) is 0 Å². The molecule has 96 valence electrons. The first-order valence-corrected chi connectivity index (χ1v) is 5.26. The van der Waals surface area contributed by atoms with Crippen LogP contribution in [0.5, 0.6) is 0 Å². The normalized spacial score (nSPS) is 10.5. The molecule has 0 aliphatic carbocycles. The Kier molecular flexibility index (Phi) is 8.11. The first-order valence-electron chi connectivity index (χ1n) is 5.26. The van der Waals surface area contributed by atoms with Gasteiger partial charge in [-0.3, -0.25) is 10.1 Å². The van der Waals surface area contributed by atoms with Crippen LogP contribution in [0.15, 0.2) is 24.0 Å². The van der Waals surface area contributed by atoms with E-state index in [9.17, 15) is 20.0 Å². The number of esters is 1. The molecule has 1 aromatic carbocycles. The second-order valence-electron chi connectivity index (χ2n) is 3.55. The average molecular weight is 289 g/mol. The average Bonchev–Trinajstić information content (AvgIpc) is 2.31. The first-order chi connectivity index (χ1) is 8.45. The SMILES string of the molecule is CCOC(=O)C([O-])=Cc1ccc(C)cc1[N+](=O)[O-].[K+]. The van der Waals surface area contributed by atoms with Gasteiger partial charge in [0.1, 0.15) is 0 Å². The summed E-state index contributed by atoms with van der Waals surface area (Å²) in [5.74, 6) is -1.93. The predicted octanol–water partition coefficient (Wildman–Crippen LogP) is -1.83. The summed E-state index contributed by atoms with van der Waals surface area (Å²) in [6.07, 6.45) is 0.912. The van der Waals surface area contributed by atoms with Gasteiger partial charge in [-0.05, 0) is 37.3 Å². The van der Waals surface area contributed by atoms with Crippen molar-refractivity contribution in [2.75, 3.05) is 6.61 Å². The fourth-order valence-corrected chi connectivity index (χ4v) is 1.34. The van der Waals surface area contributed by atoms with Gasteiger partial charge < -0.3 is 9.84 Å². The van der Waals surface area contributed by atoms with Gasteiger partial charge in [0, 0.05) is 6.07 Å². The van der Waals surface area contributed by atoms with Crippen LogP contribution in [0.2, 0.25) is 0 Å². The van der Waals surface area contributed by atoms with Gasteiger partial charge >= 0.3 is 57.4 Å². The molecule has 7 heteroatoms. The van der Waals surface area contributed by atoms with E-state index in [1.54, 1.807) is 19.9 Å². The fraction of sp³-hybridized carbons (Fsp3) is 0.250. The molecule has 0 bridgehead atoms. The van der Waals surface area contributed by atoms with E-state index in [-0.39, 0.29) is 69.2 Å². The number of nitrogens with zero attached hydrogens (tertiary/aromatic N) is 1. The van der Waals surface area contributed by atoms with Crippen molar-refractivity contribution in [3.8, 4) is 0 Å². The molecule has 0 heterocycles. The van der Waals surface area contributed by atoms with Gasteiger partial charge in [-0.15, -0.1) is 0 Å². The van der Waals surface area contributed by atoms with Crippen LogP contribution in [0.1, 0.15) is 18.1 Å². The third-order valence-corrected chi connectivity index (χ3v) is 2.15. The third kappa shape index (κ3) is 5.41. The van der Waals surface area contributed by atoms with Crippen molar-refractivity contribution in [3.63, 3.8) is 0 Å². The molecule has 0 aromatic heterocycles. The molecule has 0 aliphatic heterocycles. The minimum Gasteiger partial charge on any atom is -0.868 e. The van der Waals surface area contributed by atoms with Gasteiger partial charge in [0.15, 0.2) is 0 Å². The minimum atomic E-state index is -1.02. The van der Waals surface area contributed by atoms with E-state index in [1.165, 1.54) is 12.1 Å². The summed E-state index contributed by atoms with van der Waals surface area (Å²) in [7, 11) is 0. The third-order valence-electron chi connectivity index (χ3n) is 2.15. The quantitative estimate of drug-likeness (QED) is 0.162. The van der Waals surface area contributed by atoms with Crippen molar-refractivity contribution in [3.05, 3.63) is 45.2 Å². The summed E-state index contributed by atoms with van der Waals surface area (Å²) in [6.45, 7) is 3.35. The smallest absolute Gasteiger partial charge is 0.868 e. The number of hydrogen-bond acceptors (Lipinski definition) is 5. The van der Waals surface area contributed by atoms with Crippen molar-refractivity contribution < 1.29 is 70.9 Å². The van der Waals surface area contributed by atoms with Crippen LogP contribution >= 0.6 is 0 Å². The van der Waals surface area contributed by atoms with E-state index in [1.807, 2.05) is 0 Å². The second kappa shape index (κ2) is 8.44. The molecule has 0 unspecified atom stereocenters. The molecule has 19 heavy (non-hydrogen) atoms. The van der Waals surface area contributed by atoms with E-state index in [0.29, 0.717) is 5.56 Å². The molecule has 0 spiro atoms. The maximum atomic E-state index is 11.4. The summed E-state index contributed by atoms with van der Waals surface area (Å²) in [5.41, 5.74) is 0.568. The van der Waals surface area contributed by atoms with E-state index in [0.717, 1.165) is 6.08 Å². The molecule has 0 N–H and O–H groups in total. The number of ether oxygens (including phenoxy) is 1. The number of hydrogen-bond donors (Lipinski definition) is 0. The Morgan fingerprint density at radius 2 is 2.11 bits per heavy atom. The Labute approximate surface area is 153 Å². The van der Waals surface area contributed by atoms with Gasteiger partial charge in [-0.25, -0.2) is 4.79 Å². The molecule has 0 saturated heterocycles. The molecular formula is C12H12KNO5. The molecule has 1 rings (SSSR count). The molecule has 0 aliphatic rings. The molecule has 0 atom stereocenters. The predicted molar refractivity (Wildman–Crippen MR) is 62.4 cm³/mol. The van der Waals surface area contributed by atoms with Crippen LogP contribution in [-0.2, 0) is 9.53 Å². The Morgan fingerprint density at radius 3 is 2.63 bits per heavy atom. The Bertz CT molecular complexity index is 513. The summed E-state index contributed by atoms with van der Waals surface area (Å²) in [4.78, 5) is 21.3. The van der Waals surface area contributed by atoms with Crippen molar-refractivity contribution in [1.82, 2.24) is 0 Å². The monoisotopic (exact) mass is 289 g/mol.